The van der Waals surface area contributed by atoms with Gasteiger partial charge in [0, 0.05) is 21.8 Å². The van der Waals surface area contributed by atoms with Crippen LogP contribution < -0.4 is 16.0 Å². The number of carboxylic acid groups (broad SMARTS) is 1. The topological polar surface area (TPSA) is 145 Å². The average molecular weight is 574 g/mol. The van der Waals surface area contributed by atoms with Gasteiger partial charge in [-0.05, 0) is 83.1 Å². The standard InChI is InChI=1S/C29H23N3O6S2/c33-25-11-8-21(15-23(25)29(37)38)30-26(34)17-40-22-9-6-20(7-10-22)31-28(36)24(14-18-12-13-39-16-18)32-27(35)19-4-2-1-3-5-19/h1-16,33H,17H2,(H,30,34)(H,31,36)(H,32,35)(H,37,38)/b24-14-. The lowest BCUT2D eigenvalue weighted by atomic mass is 10.2. The molecule has 0 fully saturated rings. The van der Waals surface area contributed by atoms with Gasteiger partial charge in [0.15, 0.2) is 0 Å². The van der Waals surface area contributed by atoms with E-state index in [1.54, 1.807) is 60.7 Å². The van der Waals surface area contributed by atoms with Gasteiger partial charge >= 0.3 is 5.97 Å². The van der Waals surface area contributed by atoms with Crippen LogP contribution in [-0.2, 0) is 9.59 Å². The van der Waals surface area contributed by atoms with E-state index >= 15 is 0 Å². The van der Waals surface area contributed by atoms with Crippen LogP contribution in [0.1, 0.15) is 26.3 Å². The van der Waals surface area contributed by atoms with E-state index in [1.807, 2.05) is 16.8 Å². The van der Waals surface area contributed by atoms with Crippen LogP contribution in [0.4, 0.5) is 11.4 Å². The Labute approximate surface area is 237 Å². The van der Waals surface area contributed by atoms with E-state index in [2.05, 4.69) is 16.0 Å². The predicted molar refractivity (Wildman–Crippen MR) is 156 cm³/mol. The zero-order chi connectivity index (χ0) is 28.5. The summed E-state index contributed by atoms with van der Waals surface area (Å²) in [5, 5.41) is 30.5. The van der Waals surface area contributed by atoms with Crippen LogP contribution in [0.5, 0.6) is 5.75 Å². The molecule has 5 N–H and O–H groups in total. The van der Waals surface area contributed by atoms with Crippen LogP contribution in [0.15, 0.2) is 100 Å². The summed E-state index contributed by atoms with van der Waals surface area (Å²) in [6.07, 6.45) is 1.60. The summed E-state index contributed by atoms with van der Waals surface area (Å²) in [5.74, 6) is -2.91. The number of thiophene rings is 1. The van der Waals surface area contributed by atoms with E-state index < -0.39 is 17.8 Å². The highest BCUT2D eigenvalue weighted by Gasteiger charge is 2.16. The number of hydrogen-bond acceptors (Lipinski definition) is 7. The highest BCUT2D eigenvalue weighted by molar-refractivity contribution is 8.00. The lowest BCUT2D eigenvalue weighted by Crippen LogP contribution is -2.30. The number of benzene rings is 3. The number of carboxylic acids is 1. The number of thioether (sulfide) groups is 1. The van der Waals surface area contributed by atoms with Crippen LogP contribution in [-0.4, -0.2) is 39.7 Å². The summed E-state index contributed by atoms with van der Waals surface area (Å²) >= 11 is 2.72. The highest BCUT2D eigenvalue weighted by Crippen LogP contribution is 2.24. The molecule has 0 saturated carbocycles. The lowest BCUT2D eigenvalue weighted by molar-refractivity contribution is -0.114. The van der Waals surface area contributed by atoms with Crippen molar-refractivity contribution in [3.05, 3.63) is 112 Å². The molecule has 0 saturated heterocycles. The Morgan fingerprint density at radius 2 is 1.60 bits per heavy atom. The monoisotopic (exact) mass is 573 g/mol. The number of nitrogens with one attached hydrogen (secondary N) is 3. The van der Waals surface area contributed by atoms with E-state index in [0.717, 1.165) is 10.5 Å². The maximum atomic E-state index is 13.1. The minimum Gasteiger partial charge on any atom is -0.507 e. The minimum absolute atomic E-state index is 0.0496. The summed E-state index contributed by atoms with van der Waals surface area (Å²) in [6, 6.07) is 21.0. The molecule has 40 heavy (non-hydrogen) atoms. The van der Waals surface area contributed by atoms with Crippen molar-refractivity contribution in [3.8, 4) is 5.75 Å². The van der Waals surface area contributed by atoms with Gasteiger partial charge in [-0.25, -0.2) is 4.79 Å². The van der Waals surface area contributed by atoms with Gasteiger partial charge in [0.2, 0.25) is 5.91 Å². The Kier molecular flexibility index (Phi) is 9.34. The van der Waals surface area contributed by atoms with E-state index in [-0.39, 0.29) is 34.4 Å². The molecule has 3 aromatic carbocycles. The first-order valence-electron chi connectivity index (χ1n) is 11.8. The summed E-state index contributed by atoms with van der Waals surface area (Å²) in [6.45, 7) is 0. The molecule has 1 heterocycles. The van der Waals surface area contributed by atoms with Crippen molar-refractivity contribution in [2.45, 2.75) is 4.90 Å². The molecule has 0 unspecified atom stereocenters. The molecule has 0 aliphatic rings. The van der Waals surface area contributed by atoms with Crippen LogP contribution in [0.25, 0.3) is 6.08 Å². The highest BCUT2D eigenvalue weighted by atomic mass is 32.2. The molecule has 0 radical (unpaired) electrons. The van der Waals surface area contributed by atoms with Crippen LogP contribution in [0.2, 0.25) is 0 Å². The summed E-state index contributed by atoms with van der Waals surface area (Å²) in [4.78, 5) is 50.0. The number of phenols is 1. The second-order valence-corrected chi connectivity index (χ2v) is 10.1. The van der Waals surface area contributed by atoms with Crippen molar-refractivity contribution < 1.29 is 29.4 Å². The Morgan fingerprint density at radius 3 is 2.27 bits per heavy atom. The molecule has 9 nitrogen and oxygen atoms in total. The number of aromatic carboxylic acids is 1. The molecule has 202 valence electrons. The third-order valence-electron chi connectivity index (χ3n) is 5.38. The smallest absolute Gasteiger partial charge is 0.339 e. The number of carbonyl (C=O) groups is 4. The largest absolute Gasteiger partial charge is 0.507 e. The van der Waals surface area contributed by atoms with E-state index in [1.165, 1.54) is 41.3 Å². The van der Waals surface area contributed by atoms with Crippen molar-refractivity contribution in [3.63, 3.8) is 0 Å². The summed E-state index contributed by atoms with van der Waals surface area (Å²) < 4.78 is 0. The van der Waals surface area contributed by atoms with Gasteiger partial charge < -0.3 is 26.2 Å². The fraction of sp³-hybridized carbons (Fsp3) is 0.0345. The zero-order valence-corrected chi connectivity index (χ0v) is 22.4. The molecule has 3 amide bonds. The predicted octanol–water partition coefficient (Wildman–Crippen LogP) is 5.29. The lowest BCUT2D eigenvalue weighted by Gasteiger charge is -2.12. The first kappa shape index (κ1) is 28.1. The average Bonchev–Trinajstić information content (AvgIpc) is 3.47. The molecule has 0 aliphatic heterocycles. The van der Waals surface area contributed by atoms with Gasteiger partial charge in [-0.1, -0.05) is 18.2 Å². The van der Waals surface area contributed by atoms with Gasteiger partial charge in [-0.15, -0.1) is 11.8 Å². The van der Waals surface area contributed by atoms with Gasteiger partial charge in [-0.2, -0.15) is 11.3 Å². The number of amides is 3. The minimum atomic E-state index is -1.30. The van der Waals surface area contributed by atoms with E-state index in [9.17, 15) is 24.3 Å². The molecule has 0 atom stereocenters. The maximum absolute atomic E-state index is 13.1. The summed E-state index contributed by atoms with van der Waals surface area (Å²) in [5.41, 5.74) is 1.72. The number of carbonyl (C=O) groups excluding carboxylic acids is 3. The molecule has 1 aromatic heterocycles. The quantitative estimate of drug-likeness (QED) is 0.0984. The molecular weight excluding hydrogens is 550 g/mol. The number of rotatable bonds is 10. The summed E-state index contributed by atoms with van der Waals surface area (Å²) in [7, 11) is 0. The van der Waals surface area contributed by atoms with Gasteiger partial charge in [0.25, 0.3) is 11.8 Å². The number of aromatic hydroxyl groups is 1. The Hall–Kier alpha value is -4.87. The molecule has 11 heteroatoms. The molecule has 0 aliphatic carbocycles. The maximum Gasteiger partial charge on any atom is 0.339 e. The normalized spacial score (nSPS) is 10.9. The Bertz CT molecular complexity index is 1550. The Balaban J connectivity index is 1.36. The fourth-order valence-electron chi connectivity index (χ4n) is 3.43. The molecule has 0 spiro atoms. The van der Waals surface area contributed by atoms with Gasteiger partial charge in [0.1, 0.15) is 17.0 Å². The second kappa shape index (κ2) is 13.3. The molecular formula is C29H23N3O6S2. The molecule has 4 aromatic rings. The molecule has 4 rings (SSSR count). The van der Waals surface area contributed by atoms with Gasteiger partial charge in [0.05, 0.1) is 5.75 Å². The Morgan fingerprint density at radius 1 is 0.875 bits per heavy atom. The van der Waals surface area contributed by atoms with Crippen molar-refractivity contribution >= 4 is 64.2 Å². The second-order valence-electron chi connectivity index (χ2n) is 8.29. The third kappa shape index (κ3) is 7.82. The number of anilines is 2. The number of hydrogen-bond donors (Lipinski definition) is 5. The third-order valence-corrected chi connectivity index (χ3v) is 7.09. The van der Waals surface area contributed by atoms with Crippen molar-refractivity contribution in [1.29, 1.82) is 0 Å². The van der Waals surface area contributed by atoms with Gasteiger partial charge in [-0.3, -0.25) is 14.4 Å². The SMILES string of the molecule is O=C(CSc1ccc(NC(=O)/C(=C/c2ccsc2)NC(=O)c2ccccc2)cc1)Nc1ccc(O)c(C(=O)O)c1. The first-order valence-corrected chi connectivity index (χ1v) is 13.7. The van der Waals surface area contributed by atoms with Crippen molar-refractivity contribution in [2.75, 3.05) is 16.4 Å². The zero-order valence-electron chi connectivity index (χ0n) is 20.8. The molecule has 0 bridgehead atoms. The van der Waals surface area contributed by atoms with E-state index in [4.69, 9.17) is 5.11 Å². The van der Waals surface area contributed by atoms with Crippen LogP contribution in [0.3, 0.4) is 0 Å². The van der Waals surface area contributed by atoms with Crippen LogP contribution >= 0.6 is 23.1 Å². The van der Waals surface area contributed by atoms with Crippen molar-refractivity contribution in [1.82, 2.24) is 5.32 Å². The fourth-order valence-corrected chi connectivity index (χ4v) is 4.75. The van der Waals surface area contributed by atoms with E-state index in [0.29, 0.717) is 11.3 Å². The first-order chi connectivity index (χ1) is 19.3. The van der Waals surface area contributed by atoms with Crippen LogP contribution in [0, 0.1) is 0 Å². The van der Waals surface area contributed by atoms with Crippen molar-refractivity contribution in [2.24, 2.45) is 0 Å².